The number of nitrogens with zero attached hydrogens (tertiary/aromatic N) is 2. The quantitative estimate of drug-likeness (QED) is 0.559. The molecule has 31 heavy (non-hydrogen) atoms. The fraction of sp³-hybridized carbons (Fsp3) is 0.320. The molecule has 0 amide bonds. The van der Waals surface area contributed by atoms with E-state index < -0.39 is 5.97 Å². The zero-order chi connectivity index (χ0) is 21.8. The number of aromatic nitrogens is 1. The van der Waals surface area contributed by atoms with Crippen molar-refractivity contribution in [1.82, 2.24) is 9.88 Å². The molecule has 0 bridgehead atoms. The fourth-order valence-corrected chi connectivity index (χ4v) is 4.32. The van der Waals surface area contributed by atoms with Gasteiger partial charge in [-0.05, 0) is 37.9 Å². The summed E-state index contributed by atoms with van der Waals surface area (Å²) < 4.78 is 10.4. The smallest absolute Gasteiger partial charge is 0.340 e. The molecule has 1 fully saturated rings. The summed E-state index contributed by atoms with van der Waals surface area (Å²) in [6, 6.07) is 17.3. The van der Waals surface area contributed by atoms with Gasteiger partial charge in [0.25, 0.3) is 0 Å². The van der Waals surface area contributed by atoms with Gasteiger partial charge in [-0.3, -0.25) is 14.7 Å². The van der Waals surface area contributed by atoms with Crippen molar-refractivity contribution in [3.63, 3.8) is 0 Å². The van der Waals surface area contributed by atoms with Crippen molar-refractivity contribution < 1.29 is 19.1 Å². The summed E-state index contributed by atoms with van der Waals surface area (Å²) in [5.74, 6) is -0.650. The second-order valence-electron chi connectivity index (χ2n) is 7.56. The molecule has 1 unspecified atom stereocenters. The number of methoxy groups -OCH3 is 1. The Kier molecular flexibility index (Phi) is 6.28. The Morgan fingerprint density at radius 2 is 1.84 bits per heavy atom. The Balaban J connectivity index is 1.91. The second kappa shape index (κ2) is 9.27. The summed E-state index contributed by atoms with van der Waals surface area (Å²) >= 11 is 0. The van der Waals surface area contributed by atoms with Crippen molar-refractivity contribution in [2.75, 3.05) is 20.3 Å². The van der Waals surface area contributed by atoms with E-state index in [9.17, 15) is 9.59 Å². The highest BCUT2D eigenvalue weighted by Crippen LogP contribution is 2.35. The number of benzene rings is 2. The zero-order valence-electron chi connectivity index (χ0n) is 17.8. The van der Waals surface area contributed by atoms with E-state index in [1.165, 1.54) is 7.11 Å². The predicted octanol–water partition coefficient (Wildman–Crippen LogP) is 4.22. The summed E-state index contributed by atoms with van der Waals surface area (Å²) in [5, 5.41) is 0.895. The molecule has 1 aliphatic heterocycles. The summed E-state index contributed by atoms with van der Waals surface area (Å²) in [4.78, 5) is 32.3. The van der Waals surface area contributed by atoms with Gasteiger partial charge in [-0.2, -0.15) is 0 Å². The molecule has 160 valence electrons. The van der Waals surface area contributed by atoms with Gasteiger partial charge in [-0.25, -0.2) is 4.79 Å². The molecule has 3 aromatic rings. The van der Waals surface area contributed by atoms with Gasteiger partial charge in [0.2, 0.25) is 0 Å². The van der Waals surface area contributed by atoms with E-state index in [4.69, 9.17) is 14.5 Å². The lowest BCUT2D eigenvalue weighted by molar-refractivity contribution is -0.146. The Bertz CT molecular complexity index is 1100. The largest absolute Gasteiger partial charge is 0.468 e. The van der Waals surface area contributed by atoms with E-state index in [0.717, 1.165) is 41.4 Å². The fourth-order valence-electron chi connectivity index (χ4n) is 4.32. The Labute approximate surface area is 181 Å². The monoisotopic (exact) mass is 418 g/mol. The maximum absolute atomic E-state index is 13.2. The van der Waals surface area contributed by atoms with Crippen LogP contribution in [0.3, 0.4) is 0 Å². The first kappa shape index (κ1) is 21.0. The molecule has 0 radical (unpaired) electrons. The van der Waals surface area contributed by atoms with Gasteiger partial charge in [-0.1, -0.05) is 48.5 Å². The molecule has 2 aromatic carbocycles. The molecule has 2 heterocycles. The minimum Gasteiger partial charge on any atom is -0.468 e. The van der Waals surface area contributed by atoms with Crippen molar-refractivity contribution in [3.05, 3.63) is 65.9 Å². The molecule has 1 saturated heterocycles. The number of rotatable bonds is 6. The number of hydrogen-bond acceptors (Lipinski definition) is 6. The van der Waals surface area contributed by atoms with E-state index in [0.29, 0.717) is 17.8 Å². The van der Waals surface area contributed by atoms with Gasteiger partial charge in [0.1, 0.15) is 6.04 Å². The third kappa shape index (κ3) is 4.16. The van der Waals surface area contributed by atoms with Crippen molar-refractivity contribution in [3.8, 4) is 11.1 Å². The minimum absolute atomic E-state index is 0.251. The molecule has 1 aliphatic rings. The van der Waals surface area contributed by atoms with Crippen molar-refractivity contribution in [2.45, 2.75) is 32.4 Å². The van der Waals surface area contributed by atoms with Crippen LogP contribution in [0, 0.1) is 0 Å². The lowest BCUT2D eigenvalue weighted by Crippen LogP contribution is -2.37. The van der Waals surface area contributed by atoms with Crippen LogP contribution >= 0.6 is 0 Å². The lowest BCUT2D eigenvalue weighted by Gasteiger charge is -2.24. The lowest BCUT2D eigenvalue weighted by atomic mass is 9.93. The SMILES string of the molecule is CCOC(=O)c1c(CN2CCCC2C(=O)OC)nc2ccccc2c1-c1ccccc1. The molecule has 4 rings (SSSR count). The first-order chi connectivity index (χ1) is 15.1. The van der Waals surface area contributed by atoms with Crippen LogP contribution in [0.25, 0.3) is 22.0 Å². The molecular formula is C25H26N2O4. The van der Waals surface area contributed by atoms with Crippen LogP contribution in [-0.2, 0) is 20.8 Å². The van der Waals surface area contributed by atoms with Gasteiger partial charge in [0.15, 0.2) is 0 Å². The maximum atomic E-state index is 13.2. The first-order valence-electron chi connectivity index (χ1n) is 10.6. The molecule has 6 nitrogen and oxygen atoms in total. The third-order valence-electron chi connectivity index (χ3n) is 5.70. The number of likely N-dealkylation sites (tertiary alicyclic amines) is 1. The van der Waals surface area contributed by atoms with E-state index >= 15 is 0 Å². The van der Waals surface area contributed by atoms with Crippen molar-refractivity contribution >= 4 is 22.8 Å². The first-order valence-corrected chi connectivity index (χ1v) is 10.6. The Morgan fingerprint density at radius 3 is 2.58 bits per heavy atom. The Morgan fingerprint density at radius 1 is 1.10 bits per heavy atom. The van der Waals surface area contributed by atoms with Crippen LogP contribution in [0.15, 0.2) is 54.6 Å². The van der Waals surface area contributed by atoms with Crippen molar-refractivity contribution in [1.29, 1.82) is 0 Å². The number of carbonyl (C=O) groups is 2. The number of pyridine rings is 1. The van der Waals surface area contributed by atoms with Crippen LogP contribution in [0.1, 0.15) is 35.8 Å². The molecule has 0 saturated carbocycles. The van der Waals surface area contributed by atoms with E-state index in [-0.39, 0.29) is 18.6 Å². The predicted molar refractivity (Wildman–Crippen MR) is 119 cm³/mol. The number of para-hydroxylation sites is 1. The van der Waals surface area contributed by atoms with Crippen LogP contribution in [0.4, 0.5) is 0 Å². The summed E-state index contributed by atoms with van der Waals surface area (Å²) in [7, 11) is 1.41. The molecule has 1 aromatic heterocycles. The van der Waals surface area contributed by atoms with Gasteiger partial charge < -0.3 is 9.47 Å². The molecule has 0 aliphatic carbocycles. The molecular weight excluding hydrogens is 392 g/mol. The number of esters is 2. The van der Waals surface area contributed by atoms with Gasteiger partial charge in [0.05, 0.1) is 30.5 Å². The Hall–Kier alpha value is -3.25. The summed E-state index contributed by atoms with van der Waals surface area (Å²) in [6.45, 7) is 3.19. The van der Waals surface area contributed by atoms with Crippen LogP contribution in [-0.4, -0.2) is 48.1 Å². The van der Waals surface area contributed by atoms with Crippen LogP contribution in [0.5, 0.6) is 0 Å². The van der Waals surface area contributed by atoms with E-state index in [1.54, 1.807) is 6.92 Å². The average Bonchev–Trinajstić information content (AvgIpc) is 3.26. The van der Waals surface area contributed by atoms with E-state index in [1.807, 2.05) is 59.5 Å². The highest BCUT2D eigenvalue weighted by Gasteiger charge is 2.33. The normalized spacial score (nSPS) is 16.4. The van der Waals surface area contributed by atoms with Gasteiger partial charge >= 0.3 is 11.9 Å². The highest BCUT2D eigenvalue weighted by atomic mass is 16.5. The average molecular weight is 418 g/mol. The second-order valence-corrected chi connectivity index (χ2v) is 7.56. The summed E-state index contributed by atoms with van der Waals surface area (Å²) in [5.41, 5.74) is 3.62. The topological polar surface area (TPSA) is 68.7 Å². The number of ether oxygens (including phenoxy) is 2. The summed E-state index contributed by atoms with van der Waals surface area (Å²) in [6.07, 6.45) is 1.63. The minimum atomic E-state index is -0.400. The van der Waals surface area contributed by atoms with Crippen molar-refractivity contribution in [2.24, 2.45) is 0 Å². The maximum Gasteiger partial charge on any atom is 0.340 e. The van der Waals surface area contributed by atoms with Gasteiger partial charge in [-0.15, -0.1) is 0 Å². The molecule has 6 heteroatoms. The molecule has 1 atom stereocenters. The third-order valence-corrected chi connectivity index (χ3v) is 5.70. The molecule has 0 N–H and O–H groups in total. The standard InChI is InChI=1S/C25H26N2O4/c1-3-31-25(29)23-20(16-27-15-9-14-21(27)24(28)30-2)26-19-13-8-7-12-18(19)22(23)17-10-5-4-6-11-17/h4-8,10-13,21H,3,9,14-16H2,1-2H3. The van der Waals surface area contributed by atoms with E-state index in [2.05, 4.69) is 0 Å². The molecule has 0 spiro atoms. The van der Waals surface area contributed by atoms with Crippen LogP contribution in [0.2, 0.25) is 0 Å². The number of fused-ring (bicyclic) bond motifs is 1. The number of hydrogen-bond donors (Lipinski definition) is 0. The van der Waals surface area contributed by atoms with Gasteiger partial charge in [0, 0.05) is 17.5 Å². The highest BCUT2D eigenvalue weighted by molar-refractivity contribution is 6.07. The zero-order valence-corrected chi connectivity index (χ0v) is 17.8. The van der Waals surface area contributed by atoms with Crippen LogP contribution < -0.4 is 0 Å². The number of carbonyl (C=O) groups excluding carboxylic acids is 2.